The van der Waals surface area contributed by atoms with E-state index in [0.29, 0.717) is 19.4 Å². The Bertz CT molecular complexity index is 725. The minimum atomic E-state index is -0.114. The summed E-state index contributed by atoms with van der Waals surface area (Å²) in [4.78, 5) is 27.1. The first-order valence-corrected chi connectivity index (χ1v) is 8.60. The van der Waals surface area contributed by atoms with Crippen LogP contribution in [0.4, 0.5) is 5.69 Å². The zero-order chi connectivity index (χ0) is 16.4. The van der Waals surface area contributed by atoms with Gasteiger partial charge in [-0.2, -0.15) is 0 Å². The Kier molecular flexibility index (Phi) is 4.48. The largest absolute Gasteiger partial charge is 0.351 e. The van der Waals surface area contributed by atoms with Crippen LogP contribution in [0.3, 0.4) is 0 Å². The molecule has 1 N–H and O–H groups in total. The second-order valence-electron chi connectivity index (χ2n) is 6.00. The van der Waals surface area contributed by atoms with Crippen LogP contribution in [0, 0.1) is 13.8 Å². The zero-order valence-electron chi connectivity index (χ0n) is 13.3. The van der Waals surface area contributed by atoms with Crippen molar-refractivity contribution in [3.8, 4) is 0 Å². The van der Waals surface area contributed by atoms with Crippen molar-refractivity contribution in [3.05, 3.63) is 51.7 Å². The van der Waals surface area contributed by atoms with Crippen molar-refractivity contribution in [1.29, 1.82) is 0 Å². The van der Waals surface area contributed by atoms with Crippen molar-refractivity contribution in [2.45, 2.75) is 32.7 Å². The summed E-state index contributed by atoms with van der Waals surface area (Å²) in [6, 6.07) is 9.80. The van der Waals surface area contributed by atoms with Gasteiger partial charge >= 0.3 is 0 Å². The number of nitrogens with zero attached hydrogens (tertiary/aromatic N) is 1. The standard InChI is InChI=1S/C18H20N2O2S/c1-12-5-6-15(8-13(12)2)20-11-14(9-18(20)22)19-17(21)10-16-4-3-7-23-16/h3-8,14H,9-11H2,1-2H3,(H,19,21). The van der Waals surface area contributed by atoms with E-state index < -0.39 is 0 Å². The van der Waals surface area contributed by atoms with Crippen LogP contribution in [-0.2, 0) is 16.0 Å². The van der Waals surface area contributed by atoms with Crippen LogP contribution in [-0.4, -0.2) is 24.4 Å². The molecule has 1 aliphatic rings. The SMILES string of the molecule is Cc1ccc(N2CC(NC(=O)Cc3cccs3)CC2=O)cc1C. The maximum absolute atomic E-state index is 12.3. The second kappa shape index (κ2) is 6.54. The number of rotatable bonds is 4. The van der Waals surface area contributed by atoms with Gasteiger partial charge in [-0.1, -0.05) is 12.1 Å². The Hall–Kier alpha value is -2.14. The highest BCUT2D eigenvalue weighted by atomic mass is 32.1. The van der Waals surface area contributed by atoms with E-state index in [1.807, 2.05) is 42.6 Å². The van der Waals surface area contributed by atoms with E-state index in [0.717, 1.165) is 10.6 Å². The van der Waals surface area contributed by atoms with E-state index >= 15 is 0 Å². The van der Waals surface area contributed by atoms with Gasteiger partial charge < -0.3 is 10.2 Å². The van der Waals surface area contributed by atoms with Gasteiger partial charge in [0.1, 0.15) is 0 Å². The van der Waals surface area contributed by atoms with Crippen LogP contribution in [0.1, 0.15) is 22.4 Å². The summed E-state index contributed by atoms with van der Waals surface area (Å²) in [5.74, 6) is 0.0434. The summed E-state index contributed by atoms with van der Waals surface area (Å²) < 4.78 is 0. The van der Waals surface area contributed by atoms with Crippen molar-refractivity contribution >= 4 is 28.8 Å². The van der Waals surface area contributed by atoms with Gasteiger partial charge in [0, 0.05) is 23.5 Å². The first-order valence-electron chi connectivity index (χ1n) is 7.72. The highest BCUT2D eigenvalue weighted by molar-refractivity contribution is 7.10. The van der Waals surface area contributed by atoms with Gasteiger partial charge in [0.25, 0.3) is 0 Å². The topological polar surface area (TPSA) is 49.4 Å². The Balaban J connectivity index is 1.62. The summed E-state index contributed by atoms with van der Waals surface area (Å²) >= 11 is 1.57. The molecule has 2 aromatic rings. The molecular weight excluding hydrogens is 308 g/mol. The molecule has 1 aromatic carbocycles. The molecule has 1 atom stereocenters. The maximum atomic E-state index is 12.3. The van der Waals surface area contributed by atoms with Gasteiger partial charge in [0.05, 0.1) is 12.5 Å². The molecule has 1 aromatic heterocycles. The molecule has 2 heterocycles. The first kappa shape index (κ1) is 15.7. The van der Waals surface area contributed by atoms with Crippen LogP contribution in [0.2, 0.25) is 0 Å². The van der Waals surface area contributed by atoms with Crippen molar-refractivity contribution in [2.24, 2.45) is 0 Å². The second-order valence-corrected chi connectivity index (χ2v) is 7.03. The summed E-state index contributed by atoms with van der Waals surface area (Å²) in [6.45, 7) is 4.63. The van der Waals surface area contributed by atoms with Gasteiger partial charge in [-0.15, -0.1) is 11.3 Å². The molecule has 120 valence electrons. The summed E-state index contributed by atoms with van der Waals surface area (Å²) in [6.07, 6.45) is 0.745. The van der Waals surface area contributed by atoms with Gasteiger partial charge in [0.2, 0.25) is 11.8 Å². The highest BCUT2D eigenvalue weighted by Gasteiger charge is 2.31. The normalized spacial score (nSPS) is 17.6. The van der Waals surface area contributed by atoms with Gasteiger partial charge in [-0.3, -0.25) is 9.59 Å². The molecule has 1 saturated heterocycles. The molecule has 1 unspecified atom stereocenters. The first-order chi connectivity index (χ1) is 11.0. The summed E-state index contributed by atoms with van der Waals surface area (Å²) in [5, 5.41) is 4.94. The number of hydrogen-bond donors (Lipinski definition) is 1. The van der Waals surface area contributed by atoms with Gasteiger partial charge in [0.15, 0.2) is 0 Å². The third kappa shape index (κ3) is 3.62. The van der Waals surface area contributed by atoms with Gasteiger partial charge in [-0.05, 0) is 48.6 Å². The van der Waals surface area contributed by atoms with E-state index in [4.69, 9.17) is 0 Å². The number of anilines is 1. The third-order valence-corrected chi connectivity index (χ3v) is 5.08. The predicted molar refractivity (Wildman–Crippen MR) is 92.8 cm³/mol. The lowest BCUT2D eigenvalue weighted by Gasteiger charge is -2.18. The molecule has 1 fully saturated rings. The van der Waals surface area contributed by atoms with Crippen LogP contribution in [0.15, 0.2) is 35.7 Å². The Morgan fingerprint density at radius 2 is 2.13 bits per heavy atom. The molecule has 5 heteroatoms. The van der Waals surface area contributed by atoms with E-state index in [-0.39, 0.29) is 17.9 Å². The smallest absolute Gasteiger partial charge is 0.229 e. The van der Waals surface area contributed by atoms with Crippen molar-refractivity contribution in [2.75, 3.05) is 11.4 Å². The number of thiophene rings is 1. The molecule has 0 aliphatic carbocycles. The fourth-order valence-electron chi connectivity index (χ4n) is 2.80. The number of amides is 2. The fourth-order valence-corrected chi connectivity index (χ4v) is 3.50. The number of nitrogens with one attached hydrogen (secondary N) is 1. The molecule has 23 heavy (non-hydrogen) atoms. The van der Waals surface area contributed by atoms with Crippen molar-refractivity contribution in [3.63, 3.8) is 0 Å². The van der Waals surface area contributed by atoms with Crippen molar-refractivity contribution < 1.29 is 9.59 Å². The molecule has 4 nitrogen and oxygen atoms in total. The van der Waals surface area contributed by atoms with Crippen LogP contribution in [0.5, 0.6) is 0 Å². The quantitative estimate of drug-likeness (QED) is 0.938. The lowest BCUT2D eigenvalue weighted by Crippen LogP contribution is -2.37. The van der Waals surface area contributed by atoms with E-state index in [1.54, 1.807) is 16.2 Å². The molecular formula is C18H20N2O2S. The predicted octanol–water partition coefficient (Wildman–Crippen LogP) is 2.83. The molecule has 1 aliphatic heterocycles. The van der Waals surface area contributed by atoms with Gasteiger partial charge in [-0.25, -0.2) is 0 Å². The monoisotopic (exact) mass is 328 g/mol. The highest BCUT2D eigenvalue weighted by Crippen LogP contribution is 2.24. The molecule has 0 saturated carbocycles. The van der Waals surface area contributed by atoms with Crippen LogP contribution in [0.25, 0.3) is 0 Å². The van der Waals surface area contributed by atoms with E-state index in [1.165, 1.54) is 11.1 Å². The minimum absolute atomic E-state index is 0.0211. The molecule has 3 rings (SSSR count). The summed E-state index contributed by atoms with van der Waals surface area (Å²) in [5.41, 5.74) is 3.29. The number of carbonyl (C=O) groups excluding carboxylic acids is 2. The Morgan fingerprint density at radius 1 is 1.30 bits per heavy atom. The molecule has 0 radical (unpaired) electrons. The lowest BCUT2D eigenvalue weighted by molar-refractivity contribution is -0.121. The Morgan fingerprint density at radius 3 is 2.83 bits per heavy atom. The average molecular weight is 328 g/mol. The fraction of sp³-hybridized carbons (Fsp3) is 0.333. The number of hydrogen-bond acceptors (Lipinski definition) is 3. The number of benzene rings is 1. The number of aryl methyl sites for hydroxylation is 2. The van der Waals surface area contributed by atoms with Crippen molar-refractivity contribution in [1.82, 2.24) is 5.32 Å². The third-order valence-electron chi connectivity index (χ3n) is 4.21. The summed E-state index contributed by atoms with van der Waals surface area (Å²) in [7, 11) is 0. The molecule has 0 spiro atoms. The van der Waals surface area contributed by atoms with E-state index in [2.05, 4.69) is 12.2 Å². The van der Waals surface area contributed by atoms with E-state index in [9.17, 15) is 9.59 Å². The Labute approximate surface area is 140 Å². The van der Waals surface area contributed by atoms with Crippen LogP contribution < -0.4 is 10.2 Å². The zero-order valence-corrected chi connectivity index (χ0v) is 14.2. The molecule has 0 bridgehead atoms. The van der Waals surface area contributed by atoms with Crippen LogP contribution >= 0.6 is 11.3 Å². The molecule has 2 amide bonds. The lowest BCUT2D eigenvalue weighted by atomic mass is 10.1. The minimum Gasteiger partial charge on any atom is -0.351 e. The average Bonchev–Trinajstić information content (AvgIpc) is 3.12. The number of carbonyl (C=O) groups is 2. The maximum Gasteiger partial charge on any atom is 0.229 e.